The zero-order chi connectivity index (χ0) is 29.6. The molecule has 0 spiro atoms. The Hall–Kier alpha value is -3.52. The molecule has 224 valence electrons. The number of aromatic nitrogens is 4. The van der Waals surface area contributed by atoms with Gasteiger partial charge >= 0.3 is 6.18 Å². The fraction of sp³-hybridized carbons (Fsp3) is 0.500. The highest BCUT2D eigenvalue weighted by atomic mass is 32.1. The maximum absolute atomic E-state index is 15.4. The Labute approximate surface area is 243 Å². The Morgan fingerprint density at radius 3 is 2.76 bits per heavy atom. The third-order valence-corrected chi connectivity index (χ3v) is 9.10. The molecule has 2 aliphatic rings. The van der Waals surface area contributed by atoms with Crippen molar-refractivity contribution in [2.24, 2.45) is 0 Å². The van der Waals surface area contributed by atoms with Crippen LogP contribution in [-0.4, -0.2) is 69.3 Å². The molecule has 2 aliphatic carbocycles. The van der Waals surface area contributed by atoms with Gasteiger partial charge in [0.05, 0.1) is 52.1 Å². The van der Waals surface area contributed by atoms with Gasteiger partial charge in [-0.05, 0) is 63.2 Å². The Bertz CT molecular complexity index is 1580. The predicted octanol–water partition coefficient (Wildman–Crippen LogP) is 5.75. The van der Waals surface area contributed by atoms with Gasteiger partial charge in [-0.15, -0.1) is 11.3 Å². The summed E-state index contributed by atoms with van der Waals surface area (Å²) in [6.07, 6.45) is 0.652. The summed E-state index contributed by atoms with van der Waals surface area (Å²) < 4.78 is 64.2. The van der Waals surface area contributed by atoms with Gasteiger partial charge in [0, 0.05) is 12.2 Å². The number of fused-ring (bicyclic) bond motifs is 1. The summed E-state index contributed by atoms with van der Waals surface area (Å²) in [5.41, 5.74) is 0.993. The van der Waals surface area contributed by atoms with E-state index in [4.69, 9.17) is 4.52 Å². The van der Waals surface area contributed by atoms with E-state index in [9.17, 15) is 18.0 Å². The smallest absolute Gasteiger partial charge is 0.378 e. The van der Waals surface area contributed by atoms with Crippen LogP contribution in [0.25, 0.3) is 20.8 Å². The van der Waals surface area contributed by atoms with Crippen molar-refractivity contribution in [1.29, 1.82) is 0 Å². The Balaban J connectivity index is 1.25. The second-order valence-electron chi connectivity index (χ2n) is 11.2. The lowest BCUT2D eigenvalue weighted by atomic mass is 9.88. The van der Waals surface area contributed by atoms with Crippen LogP contribution in [0.5, 0.6) is 0 Å². The zero-order valence-electron chi connectivity index (χ0n) is 23.1. The number of anilines is 1. The number of thiophene rings is 1. The number of amides is 1. The normalized spacial score (nSPS) is 21.3. The summed E-state index contributed by atoms with van der Waals surface area (Å²) in [5, 5.41) is 14.5. The molecule has 14 heteroatoms. The van der Waals surface area contributed by atoms with E-state index in [2.05, 4.69) is 25.9 Å². The number of hydrogen-bond acceptors (Lipinski definition) is 8. The molecule has 2 N–H and O–H groups in total. The molecule has 6 rings (SSSR count). The topological polar surface area (TPSA) is 101 Å². The Morgan fingerprint density at radius 1 is 1.21 bits per heavy atom. The van der Waals surface area contributed by atoms with Crippen molar-refractivity contribution in [3.05, 3.63) is 47.6 Å². The maximum Gasteiger partial charge on any atom is 0.393 e. The molecular formula is C28H31F4N7O2S. The summed E-state index contributed by atoms with van der Waals surface area (Å²) in [4.78, 5) is 18.9. The van der Waals surface area contributed by atoms with Crippen LogP contribution in [0.3, 0.4) is 0 Å². The quantitative estimate of drug-likeness (QED) is 0.234. The standard InChI is InChI=1S/C28H31F4N7O2S/c1-38(2)21-8-4-6-19(23(21)29)35-20-7-3-5-17-18(11-28(30,31)32)25(42-24(17)20)26-36-22(41-37-26)13-33-27(40)15-12-34-39(14-15)16-9-10-16/h3,5,7,12,14,16,19,21,23,35H,4,6,8-11,13H2,1-2H3,(H,33,40). The SMILES string of the molecule is CN(C)C1CCCC(Nc2cccc3c(CC(F)(F)F)c(-c4noc(CNC(=O)c5cnn(C6CC6)c5)n4)sc23)C1F. The van der Waals surface area contributed by atoms with E-state index < -0.39 is 24.8 Å². The van der Waals surface area contributed by atoms with E-state index in [-0.39, 0.29) is 40.6 Å². The Morgan fingerprint density at radius 2 is 2.02 bits per heavy atom. The number of carbonyl (C=O) groups is 1. The molecule has 3 heterocycles. The highest BCUT2D eigenvalue weighted by Crippen LogP contribution is 2.44. The first-order valence-electron chi connectivity index (χ1n) is 13.9. The molecule has 3 aromatic heterocycles. The minimum Gasteiger partial charge on any atom is -0.378 e. The highest BCUT2D eigenvalue weighted by Gasteiger charge is 2.36. The second kappa shape index (κ2) is 11.3. The molecule has 0 radical (unpaired) electrons. The first-order chi connectivity index (χ1) is 20.1. The van der Waals surface area contributed by atoms with Crippen LogP contribution in [0.2, 0.25) is 0 Å². The first-order valence-corrected chi connectivity index (χ1v) is 14.7. The fourth-order valence-corrected chi connectivity index (χ4v) is 6.76. The summed E-state index contributed by atoms with van der Waals surface area (Å²) in [6, 6.07) is 4.69. The van der Waals surface area contributed by atoms with Gasteiger partial charge in [-0.3, -0.25) is 9.48 Å². The van der Waals surface area contributed by atoms with Gasteiger partial charge in [-0.1, -0.05) is 17.3 Å². The number of benzene rings is 1. The minimum absolute atomic E-state index is 0.000841. The van der Waals surface area contributed by atoms with Crippen LogP contribution in [-0.2, 0) is 13.0 Å². The van der Waals surface area contributed by atoms with Gasteiger partial charge in [-0.2, -0.15) is 23.3 Å². The van der Waals surface area contributed by atoms with Gasteiger partial charge in [0.2, 0.25) is 11.7 Å². The van der Waals surface area contributed by atoms with Crippen molar-refractivity contribution in [2.45, 2.75) is 75.5 Å². The average Bonchev–Trinajstić information content (AvgIpc) is 3.32. The predicted molar refractivity (Wildman–Crippen MR) is 150 cm³/mol. The van der Waals surface area contributed by atoms with E-state index in [1.54, 1.807) is 29.1 Å². The molecule has 3 atom stereocenters. The molecule has 0 saturated heterocycles. The fourth-order valence-electron chi connectivity index (χ4n) is 5.54. The molecule has 3 unspecified atom stereocenters. The van der Waals surface area contributed by atoms with Crippen LogP contribution in [0.4, 0.5) is 23.2 Å². The molecule has 0 bridgehead atoms. The highest BCUT2D eigenvalue weighted by molar-refractivity contribution is 7.23. The van der Waals surface area contributed by atoms with Crippen molar-refractivity contribution in [2.75, 3.05) is 19.4 Å². The monoisotopic (exact) mass is 605 g/mol. The minimum atomic E-state index is -4.48. The second-order valence-corrected chi connectivity index (χ2v) is 12.2. The van der Waals surface area contributed by atoms with Gasteiger partial charge in [-0.25, -0.2) is 4.39 Å². The van der Waals surface area contributed by atoms with Crippen LogP contribution in [0, 0.1) is 0 Å². The zero-order valence-corrected chi connectivity index (χ0v) is 23.9. The molecule has 9 nitrogen and oxygen atoms in total. The van der Waals surface area contributed by atoms with E-state index >= 15 is 4.39 Å². The molecule has 0 aliphatic heterocycles. The lowest BCUT2D eigenvalue weighted by Crippen LogP contribution is -2.49. The summed E-state index contributed by atoms with van der Waals surface area (Å²) in [6.45, 7) is -0.0979. The number of rotatable bonds is 9. The van der Waals surface area contributed by atoms with Gasteiger partial charge in [0.15, 0.2) is 0 Å². The summed E-state index contributed by atoms with van der Waals surface area (Å²) in [7, 11) is 3.70. The third-order valence-electron chi connectivity index (χ3n) is 7.82. The number of alkyl halides is 4. The van der Waals surface area contributed by atoms with E-state index in [1.807, 2.05) is 19.0 Å². The molecule has 1 aromatic carbocycles. The molecular weight excluding hydrogens is 574 g/mol. The van der Waals surface area contributed by atoms with Crippen LogP contribution < -0.4 is 10.6 Å². The van der Waals surface area contributed by atoms with Crippen molar-refractivity contribution in [3.63, 3.8) is 0 Å². The largest absolute Gasteiger partial charge is 0.393 e. The van der Waals surface area contributed by atoms with Crippen molar-refractivity contribution >= 4 is 33.0 Å². The summed E-state index contributed by atoms with van der Waals surface area (Å²) in [5.74, 6) is -0.317. The third kappa shape index (κ3) is 6.00. The molecule has 1 amide bonds. The molecule has 4 aromatic rings. The molecule has 2 saturated carbocycles. The average molecular weight is 606 g/mol. The van der Waals surface area contributed by atoms with Crippen molar-refractivity contribution in [1.82, 2.24) is 30.1 Å². The lowest BCUT2D eigenvalue weighted by Gasteiger charge is -2.37. The van der Waals surface area contributed by atoms with Crippen molar-refractivity contribution < 1.29 is 26.9 Å². The first kappa shape index (κ1) is 28.6. The number of carbonyl (C=O) groups excluding carboxylic acids is 1. The number of halogens is 4. The van der Waals surface area contributed by atoms with Gasteiger partial charge in [0.25, 0.3) is 5.91 Å². The van der Waals surface area contributed by atoms with Crippen LogP contribution in [0.15, 0.2) is 35.1 Å². The van der Waals surface area contributed by atoms with Crippen LogP contribution in [0.1, 0.15) is 60.0 Å². The van der Waals surface area contributed by atoms with E-state index in [0.29, 0.717) is 33.8 Å². The van der Waals surface area contributed by atoms with E-state index in [0.717, 1.165) is 37.0 Å². The maximum atomic E-state index is 15.4. The Kier molecular flexibility index (Phi) is 7.68. The van der Waals surface area contributed by atoms with Gasteiger partial charge in [0.1, 0.15) is 6.17 Å². The molecule has 42 heavy (non-hydrogen) atoms. The number of nitrogens with zero attached hydrogens (tertiary/aromatic N) is 5. The number of nitrogens with one attached hydrogen (secondary N) is 2. The number of hydrogen-bond donors (Lipinski definition) is 2. The van der Waals surface area contributed by atoms with Crippen LogP contribution >= 0.6 is 11.3 Å². The summed E-state index contributed by atoms with van der Waals surface area (Å²) >= 11 is 1.11. The van der Waals surface area contributed by atoms with E-state index in [1.165, 1.54) is 6.20 Å². The molecule has 2 fully saturated rings. The lowest BCUT2D eigenvalue weighted by molar-refractivity contribution is -0.126. The van der Waals surface area contributed by atoms with Crippen molar-refractivity contribution in [3.8, 4) is 10.7 Å². The van der Waals surface area contributed by atoms with Gasteiger partial charge < -0.3 is 20.1 Å².